The Morgan fingerprint density at radius 2 is 1.89 bits per heavy atom. The molecule has 0 aliphatic rings. The first-order chi connectivity index (χ1) is 8.70. The van der Waals surface area contributed by atoms with Crippen molar-refractivity contribution in [3.63, 3.8) is 0 Å². The Bertz CT molecular complexity index is 196. The fourth-order valence-corrected chi connectivity index (χ4v) is 1.65. The maximum Gasteiger partial charge on any atom is 0.505 e. The van der Waals surface area contributed by atoms with Crippen molar-refractivity contribution in [3.8, 4) is 0 Å². The molecule has 0 aromatic carbocycles. The minimum Gasteiger partial charge on any atom is -0.450 e. The number of ether oxygens (including phenoxy) is 3. The minimum atomic E-state index is -1.25. The first-order valence-electron chi connectivity index (χ1n) is 6.67. The Morgan fingerprint density at radius 1 is 1.17 bits per heavy atom. The van der Waals surface area contributed by atoms with Crippen LogP contribution in [0.25, 0.3) is 0 Å². The van der Waals surface area contributed by atoms with Gasteiger partial charge in [0.2, 0.25) is 0 Å². The molecule has 5 nitrogen and oxygen atoms in total. The van der Waals surface area contributed by atoms with Crippen molar-refractivity contribution in [2.45, 2.75) is 51.6 Å². The van der Waals surface area contributed by atoms with Gasteiger partial charge in [-0.25, -0.2) is 4.79 Å². The standard InChI is InChI=1S/C13H26O5/c1-3-4-5-6-7-8-12(11-18-13(14)15)17-10-9-16-2/h12H,3-11H2,1-2H3,(H,14,15). The molecule has 0 rings (SSSR count). The van der Waals surface area contributed by atoms with Crippen LogP contribution in [0.4, 0.5) is 4.79 Å². The maximum absolute atomic E-state index is 10.3. The molecule has 0 amide bonds. The molecular formula is C13H26O5. The topological polar surface area (TPSA) is 65.0 Å². The zero-order valence-electron chi connectivity index (χ0n) is 11.5. The molecule has 1 atom stereocenters. The number of hydrogen-bond acceptors (Lipinski definition) is 4. The highest BCUT2D eigenvalue weighted by Gasteiger charge is 2.11. The van der Waals surface area contributed by atoms with E-state index >= 15 is 0 Å². The van der Waals surface area contributed by atoms with Crippen LogP contribution in [-0.4, -0.2) is 44.3 Å². The molecule has 0 radical (unpaired) electrons. The second-order valence-corrected chi connectivity index (χ2v) is 4.27. The Hall–Kier alpha value is -0.810. The van der Waals surface area contributed by atoms with Crippen LogP contribution in [0, 0.1) is 0 Å². The lowest BCUT2D eigenvalue weighted by Gasteiger charge is -2.16. The van der Waals surface area contributed by atoms with Gasteiger partial charge in [-0.15, -0.1) is 0 Å². The summed E-state index contributed by atoms with van der Waals surface area (Å²) in [5, 5.41) is 8.47. The van der Waals surface area contributed by atoms with Crippen LogP contribution >= 0.6 is 0 Å². The molecule has 0 saturated carbocycles. The van der Waals surface area contributed by atoms with E-state index in [2.05, 4.69) is 11.7 Å². The number of methoxy groups -OCH3 is 1. The lowest BCUT2D eigenvalue weighted by Crippen LogP contribution is -2.23. The highest BCUT2D eigenvalue weighted by atomic mass is 16.7. The smallest absolute Gasteiger partial charge is 0.450 e. The maximum atomic E-state index is 10.3. The van der Waals surface area contributed by atoms with E-state index in [1.54, 1.807) is 7.11 Å². The summed E-state index contributed by atoms with van der Waals surface area (Å²) in [5.41, 5.74) is 0. The summed E-state index contributed by atoms with van der Waals surface area (Å²) in [5.74, 6) is 0. The van der Waals surface area contributed by atoms with E-state index in [0.29, 0.717) is 13.2 Å². The highest BCUT2D eigenvalue weighted by Crippen LogP contribution is 2.10. The van der Waals surface area contributed by atoms with Crippen LogP contribution in [0.2, 0.25) is 0 Å². The van der Waals surface area contributed by atoms with Gasteiger partial charge in [-0.2, -0.15) is 0 Å². The van der Waals surface area contributed by atoms with Gasteiger partial charge in [0.1, 0.15) is 6.61 Å². The second-order valence-electron chi connectivity index (χ2n) is 4.27. The Kier molecular flexibility index (Phi) is 12.1. The van der Waals surface area contributed by atoms with Crippen LogP contribution in [0.15, 0.2) is 0 Å². The molecule has 0 aromatic heterocycles. The second kappa shape index (κ2) is 12.6. The summed E-state index contributed by atoms with van der Waals surface area (Å²) >= 11 is 0. The normalized spacial score (nSPS) is 12.3. The van der Waals surface area contributed by atoms with Crippen LogP contribution < -0.4 is 0 Å². The monoisotopic (exact) mass is 262 g/mol. The fourth-order valence-electron chi connectivity index (χ4n) is 1.65. The number of unbranched alkanes of at least 4 members (excludes halogenated alkanes) is 4. The van der Waals surface area contributed by atoms with Gasteiger partial charge in [-0.3, -0.25) is 0 Å². The van der Waals surface area contributed by atoms with Gasteiger partial charge < -0.3 is 19.3 Å². The number of carbonyl (C=O) groups is 1. The molecule has 0 saturated heterocycles. The van der Waals surface area contributed by atoms with Gasteiger partial charge in [0.25, 0.3) is 0 Å². The van der Waals surface area contributed by atoms with Crippen molar-refractivity contribution in [1.82, 2.24) is 0 Å². The summed E-state index contributed by atoms with van der Waals surface area (Å²) in [6, 6.07) is 0. The Labute approximate surface area is 109 Å². The van der Waals surface area contributed by atoms with Gasteiger partial charge in [-0.05, 0) is 6.42 Å². The number of carboxylic acid groups (broad SMARTS) is 1. The number of rotatable bonds is 12. The van der Waals surface area contributed by atoms with Gasteiger partial charge in [0.15, 0.2) is 0 Å². The molecule has 0 aliphatic heterocycles. The van der Waals surface area contributed by atoms with Crippen molar-refractivity contribution in [2.75, 3.05) is 26.9 Å². The molecule has 108 valence electrons. The molecule has 0 bridgehead atoms. The summed E-state index contributed by atoms with van der Waals surface area (Å²) < 4.78 is 15.0. The summed E-state index contributed by atoms with van der Waals surface area (Å²) in [6.45, 7) is 3.27. The van der Waals surface area contributed by atoms with E-state index in [4.69, 9.17) is 14.6 Å². The van der Waals surface area contributed by atoms with Gasteiger partial charge in [0, 0.05) is 7.11 Å². The molecule has 0 fully saturated rings. The van der Waals surface area contributed by atoms with E-state index in [1.165, 1.54) is 19.3 Å². The quantitative estimate of drug-likeness (QED) is 0.432. The summed E-state index contributed by atoms with van der Waals surface area (Å²) in [4.78, 5) is 10.3. The van der Waals surface area contributed by atoms with E-state index < -0.39 is 6.16 Å². The Morgan fingerprint density at radius 3 is 2.50 bits per heavy atom. The molecule has 18 heavy (non-hydrogen) atoms. The lowest BCUT2D eigenvalue weighted by molar-refractivity contribution is -0.0281. The van der Waals surface area contributed by atoms with Gasteiger partial charge >= 0.3 is 6.16 Å². The van der Waals surface area contributed by atoms with Crippen LogP contribution in [0.5, 0.6) is 0 Å². The summed E-state index contributed by atoms with van der Waals surface area (Å²) in [7, 11) is 1.61. The molecule has 1 unspecified atom stereocenters. The van der Waals surface area contributed by atoms with Crippen molar-refractivity contribution in [2.24, 2.45) is 0 Å². The van der Waals surface area contributed by atoms with Crippen LogP contribution in [-0.2, 0) is 14.2 Å². The van der Waals surface area contributed by atoms with Crippen molar-refractivity contribution >= 4 is 6.16 Å². The van der Waals surface area contributed by atoms with Crippen molar-refractivity contribution in [1.29, 1.82) is 0 Å². The Balaban J connectivity index is 3.70. The van der Waals surface area contributed by atoms with E-state index in [-0.39, 0.29) is 12.7 Å². The van der Waals surface area contributed by atoms with Crippen molar-refractivity contribution < 1.29 is 24.1 Å². The SMILES string of the molecule is CCCCCCCC(COC(=O)O)OCCOC. The van der Waals surface area contributed by atoms with E-state index in [0.717, 1.165) is 19.3 Å². The zero-order chi connectivity index (χ0) is 13.6. The fraction of sp³-hybridized carbons (Fsp3) is 0.923. The molecular weight excluding hydrogens is 236 g/mol. The van der Waals surface area contributed by atoms with Crippen molar-refractivity contribution in [3.05, 3.63) is 0 Å². The molecule has 0 aliphatic carbocycles. The first-order valence-corrected chi connectivity index (χ1v) is 6.67. The average molecular weight is 262 g/mol. The largest absolute Gasteiger partial charge is 0.505 e. The molecule has 0 spiro atoms. The van der Waals surface area contributed by atoms with Gasteiger partial charge in [0.05, 0.1) is 19.3 Å². The molecule has 0 heterocycles. The molecule has 5 heteroatoms. The summed E-state index contributed by atoms with van der Waals surface area (Å²) in [6.07, 6.45) is 5.32. The highest BCUT2D eigenvalue weighted by molar-refractivity contribution is 5.56. The zero-order valence-corrected chi connectivity index (χ0v) is 11.5. The predicted molar refractivity (Wildman–Crippen MR) is 69.0 cm³/mol. The third kappa shape index (κ3) is 11.7. The average Bonchev–Trinajstić information content (AvgIpc) is 2.35. The lowest BCUT2D eigenvalue weighted by atomic mass is 10.1. The minimum absolute atomic E-state index is 0.104. The number of hydrogen-bond donors (Lipinski definition) is 1. The third-order valence-corrected chi connectivity index (χ3v) is 2.66. The van der Waals surface area contributed by atoms with Crippen LogP contribution in [0.3, 0.4) is 0 Å². The molecule has 1 N–H and O–H groups in total. The predicted octanol–water partition coefficient (Wildman–Crippen LogP) is 3.07. The van der Waals surface area contributed by atoms with Crippen LogP contribution in [0.1, 0.15) is 45.4 Å². The van der Waals surface area contributed by atoms with E-state index in [9.17, 15) is 4.79 Å². The third-order valence-electron chi connectivity index (χ3n) is 2.66. The molecule has 0 aromatic rings. The first kappa shape index (κ1) is 17.2. The van der Waals surface area contributed by atoms with Gasteiger partial charge in [-0.1, -0.05) is 39.0 Å². The van der Waals surface area contributed by atoms with E-state index in [1.807, 2.05) is 0 Å².